The molecule has 1 heterocycles. The lowest BCUT2D eigenvalue weighted by Crippen LogP contribution is -2.38. The van der Waals surface area contributed by atoms with E-state index in [9.17, 15) is 9.59 Å². The highest BCUT2D eigenvalue weighted by atomic mass is 16.4. The van der Waals surface area contributed by atoms with E-state index in [0.29, 0.717) is 31.8 Å². The molecule has 0 aliphatic carbocycles. The SMILES string of the molecule is CCN(CC)C(=O)CN(C)Cc1cc(=O)oc2c(C)c(C)ccc12. The first-order chi connectivity index (χ1) is 11.4. The summed E-state index contributed by atoms with van der Waals surface area (Å²) in [5, 5.41) is 0.930. The second-order valence-corrected chi connectivity index (χ2v) is 6.21. The Morgan fingerprint density at radius 1 is 1.17 bits per heavy atom. The molecule has 0 aliphatic rings. The summed E-state index contributed by atoms with van der Waals surface area (Å²) in [6, 6.07) is 5.54. The molecule has 0 N–H and O–H groups in total. The zero-order chi connectivity index (χ0) is 17.9. The highest BCUT2D eigenvalue weighted by molar-refractivity contribution is 5.84. The van der Waals surface area contributed by atoms with Crippen LogP contribution in [0.2, 0.25) is 0 Å². The highest BCUT2D eigenvalue weighted by Crippen LogP contribution is 2.23. The Morgan fingerprint density at radius 2 is 1.83 bits per heavy atom. The summed E-state index contributed by atoms with van der Waals surface area (Å²) in [5.41, 5.74) is 3.25. The van der Waals surface area contributed by atoms with E-state index in [1.165, 1.54) is 6.07 Å². The molecule has 0 fully saturated rings. The van der Waals surface area contributed by atoms with Crippen molar-refractivity contribution in [3.05, 3.63) is 45.3 Å². The minimum Gasteiger partial charge on any atom is -0.422 e. The summed E-state index contributed by atoms with van der Waals surface area (Å²) in [6.45, 7) is 10.2. The van der Waals surface area contributed by atoms with E-state index in [-0.39, 0.29) is 11.5 Å². The van der Waals surface area contributed by atoms with Crippen LogP contribution in [0.1, 0.15) is 30.5 Å². The number of aryl methyl sites for hydroxylation is 2. The van der Waals surface area contributed by atoms with Crippen molar-refractivity contribution >= 4 is 16.9 Å². The van der Waals surface area contributed by atoms with Gasteiger partial charge in [0, 0.05) is 31.1 Å². The van der Waals surface area contributed by atoms with Gasteiger partial charge >= 0.3 is 5.63 Å². The Kier molecular flexibility index (Phi) is 5.78. The zero-order valence-electron chi connectivity index (χ0n) is 15.2. The number of rotatable bonds is 6. The van der Waals surface area contributed by atoms with E-state index in [2.05, 4.69) is 0 Å². The molecular formula is C19H26N2O3. The smallest absolute Gasteiger partial charge is 0.336 e. The third-order valence-corrected chi connectivity index (χ3v) is 4.48. The fraction of sp³-hybridized carbons (Fsp3) is 0.474. The summed E-state index contributed by atoms with van der Waals surface area (Å²) in [5.74, 6) is 0.0989. The molecule has 0 aliphatic heterocycles. The Bertz CT molecular complexity index is 791. The van der Waals surface area contributed by atoms with E-state index in [4.69, 9.17) is 4.42 Å². The molecule has 0 saturated heterocycles. The topological polar surface area (TPSA) is 53.8 Å². The molecule has 130 valence electrons. The summed E-state index contributed by atoms with van der Waals surface area (Å²) in [7, 11) is 1.89. The minimum absolute atomic E-state index is 0.0989. The van der Waals surface area contributed by atoms with Crippen LogP contribution in [0, 0.1) is 13.8 Å². The van der Waals surface area contributed by atoms with E-state index in [1.807, 2.05) is 56.7 Å². The van der Waals surface area contributed by atoms with Crippen LogP contribution < -0.4 is 5.63 Å². The molecule has 0 unspecified atom stereocenters. The van der Waals surface area contributed by atoms with Gasteiger partial charge in [-0.25, -0.2) is 4.79 Å². The summed E-state index contributed by atoms with van der Waals surface area (Å²) < 4.78 is 5.40. The molecule has 1 aromatic heterocycles. The Balaban J connectivity index is 2.28. The second-order valence-electron chi connectivity index (χ2n) is 6.21. The lowest BCUT2D eigenvalue weighted by Gasteiger charge is -2.23. The van der Waals surface area contributed by atoms with Gasteiger partial charge in [-0.2, -0.15) is 0 Å². The average Bonchev–Trinajstić information content (AvgIpc) is 2.52. The van der Waals surface area contributed by atoms with E-state index < -0.39 is 0 Å². The molecule has 24 heavy (non-hydrogen) atoms. The fourth-order valence-corrected chi connectivity index (χ4v) is 2.91. The number of carbonyl (C=O) groups is 1. The van der Waals surface area contributed by atoms with E-state index in [0.717, 1.165) is 22.1 Å². The van der Waals surface area contributed by atoms with Crippen molar-refractivity contribution in [2.24, 2.45) is 0 Å². The summed E-state index contributed by atoms with van der Waals surface area (Å²) in [4.78, 5) is 27.9. The van der Waals surface area contributed by atoms with Gasteiger partial charge in [0.2, 0.25) is 5.91 Å². The van der Waals surface area contributed by atoms with E-state index >= 15 is 0 Å². The Hall–Kier alpha value is -2.14. The standard InChI is InChI=1S/C19H26N2O3/c1-6-21(7-2)17(22)12-20(5)11-15-10-18(23)24-19-14(4)13(3)8-9-16(15)19/h8-10H,6-7,11-12H2,1-5H3. The van der Waals surface area contributed by atoms with Gasteiger partial charge in [-0.1, -0.05) is 12.1 Å². The molecule has 1 amide bonds. The average molecular weight is 330 g/mol. The van der Waals surface area contributed by atoms with Crippen molar-refractivity contribution in [2.75, 3.05) is 26.7 Å². The monoisotopic (exact) mass is 330 g/mol. The second kappa shape index (κ2) is 7.62. The van der Waals surface area contributed by atoms with Gasteiger partial charge in [-0.15, -0.1) is 0 Å². The zero-order valence-corrected chi connectivity index (χ0v) is 15.2. The molecular weight excluding hydrogens is 304 g/mol. The lowest BCUT2D eigenvalue weighted by atomic mass is 10.0. The maximum absolute atomic E-state index is 12.2. The summed E-state index contributed by atoms with van der Waals surface area (Å²) >= 11 is 0. The fourth-order valence-electron chi connectivity index (χ4n) is 2.91. The van der Waals surface area contributed by atoms with Crippen LogP contribution >= 0.6 is 0 Å². The lowest BCUT2D eigenvalue weighted by molar-refractivity contribution is -0.131. The number of carbonyl (C=O) groups excluding carboxylic acids is 1. The maximum Gasteiger partial charge on any atom is 0.336 e. The van der Waals surface area contributed by atoms with Crippen molar-refractivity contribution in [2.45, 2.75) is 34.2 Å². The van der Waals surface area contributed by atoms with Crippen LogP contribution in [-0.2, 0) is 11.3 Å². The number of nitrogens with zero attached hydrogens (tertiary/aromatic N) is 2. The van der Waals surface area contributed by atoms with Crippen molar-refractivity contribution in [3.8, 4) is 0 Å². The van der Waals surface area contributed by atoms with Gasteiger partial charge in [0.25, 0.3) is 0 Å². The molecule has 5 nitrogen and oxygen atoms in total. The van der Waals surface area contributed by atoms with Crippen molar-refractivity contribution in [1.82, 2.24) is 9.80 Å². The molecule has 5 heteroatoms. The first kappa shape index (κ1) is 18.2. The van der Waals surface area contributed by atoms with Gasteiger partial charge in [-0.3, -0.25) is 9.69 Å². The predicted molar refractivity (Wildman–Crippen MR) is 96.2 cm³/mol. The summed E-state index contributed by atoms with van der Waals surface area (Å²) in [6.07, 6.45) is 0. The van der Waals surface area contributed by atoms with E-state index in [1.54, 1.807) is 0 Å². The van der Waals surface area contributed by atoms with Gasteiger partial charge in [0.05, 0.1) is 6.54 Å². The first-order valence-corrected chi connectivity index (χ1v) is 8.36. The molecule has 2 rings (SSSR count). The van der Waals surface area contributed by atoms with Crippen molar-refractivity contribution in [1.29, 1.82) is 0 Å². The number of fused-ring (bicyclic) bond motifs is 1. The predicted octanol–water partition coefficient (Wildman–Crippen LogP) is 2.71. The molecule has 0 radical (unpaired) electrons. The van der Waals surface area contributed by atoms with Crippen molar-refractivity contribution in [3.63, 3.8) is 0 Å². The third-order valence-electron chi connectivity index (χ3n) is 4.48. The Morgan fingerprint density at radius 3 is 2.46 bits per heavy atom. The number of likely N-dealkylation sites (N-methyl/N-ethyl adjacent to an activating group) is 2. The third kappa shape index (κ3) is 3.85. The highest BCUT2D eigenvalue weighted by Gasteiger charge is 2.15. The Labute approximate surface area is 142 Å². The molecule has 0 saturated carbocycles. The molecule has 0 bridgehead atoms. The number of amides is 1. The van der Waals surface area contributed by atoms with Gasteiger partial charge in [0.1, 0.15) is 5.58 Å². The van der Waals surface area contributed by atoms with Gasteiger partial charge in [-0.05, 0) is 51.4 Å². The van der Waals surface area contributed by atoms with Crippen LogP contribution in [0.3, 0.4) is 0 Å². The number of benzene rings is 1. The molecule has 0 atom stereocenters. The van der Waals surface area contributed by atoms with Crippen LogP contribution in [0.4, 0.5) is 0 Å². The first-order valence-electron chi connectivity index (χ1n) is 8.36. The van der Waals surface area contributed by atoms with Gasteiger partial charge < -0.3 is 9.32 Å². The van der Waals surface area contributed by atoms with Crippen LogP contribution in [0.25, 0.3) is 11.0 Å². The quantitative estimate of drug-likeness (QED) is 0.764. The minimum atomic E-state index is -0.352. The largest absolute Gasteiger partial charge is 0.422 e. The normalized spacial score (nSPS) is 11.2. The molecule has 0 spiro atoms. The van der Waals surface area contributed by atoms with Crippen molar-refractivity contribution < 1.29 is 9.21 Å². The van der Waals surface area contributed by atoms with Gasteiger partial charge in [0.15, 0.2) is 0 Å². The molecule has 1 aromatic carbocycles. The number of hydrogen-bond donors (Lipinski definition) is 0. The maximum atomic E-state index is 12.2. The molecule has 2 aromatic rings. The van der Waals surface area contributed by atoms with Crippen LogP contribution in [-0.4, -0.2) is 42.4 Å². The number of hydrogen-bond acceptors (Lipinski definition) is 4. The van der Waals surface area contributed by atoms with Crippen LogP contribution in [0.5, 0.6) is 0 Å². The van der Waals surface area contributed by atoms with Crippen LogP contribution in [0.15, 0.2) is 27.4 Å².